The van der Waals surface area contributed by atoms with Crippen molar-refractivity contribution in [1.29, 1.82) is 0 Å². The lowest BCUT2D eigenvalue weighted by atomic mass is 10.1. The Kier molecular flexibility index (Phi) is 3.26. The molecule has 0 fully saturated rings. The summed E-state index contributed by atoms with van der Waals surface area (Å²) in [4.78, 5) is 15.8. The third-order valence-electron chi connectivity index (χ3n) is 3.36. The van der Waals surface area contributed by atoms with E-state index in [2.05, 4.69) is 10.1 Å². The van der Waals surface area contributed by atoms with Gasteiger partial charge in [-0.1, -0.05) is 19.0 Å². The van der Waals surface area contributed by atoms with E-state index in [4.69, 9.17) is 9.26 Å². The minimum Gasteiger partial charge on any atom is -0.484 e. The van der Waals surface area contributed by atoms with Gasteiger partial charge in [0, 0.05) is 17.9 Å². The maximum atomic E-state index is 11.5. The van der Waals surface area contributed by atoms with E-state index >= 15 is 0 Å². The van der Waals surface area contributed by atoms with Crippen molar-refractivity contribution >= 4 is 5.78 Å². The molecule has 0 aliphatic heterocycles. The standard InChI is InChI=1S/C15H16N2O3/c1-9(2)15-16-14(20-17-15)8-19-11-4-5-12-10(7-11)3-6-13(12)18/h4-5,7,9H,3,6,8H2,1-2H3. The molecule has 0 unspecified atom stereocenters. The Balaban J connectivity index is 1.68. The number of nitrogens with zero attached hydrogens (tertiary/aromatic N) is 2. The summed E-state index contributed by atoms with van der Waals surface area (Å²) in [5, 5.41) is 3.88. The van der Waals surface area contributed by atoms with Gasteiger partial charge in [-0.25, -0.2) is 0 Å². The van der Waals surface area contributed by atoms with E-state index in [1.165, 1.54) is 0 Å². The molecule has 5 heteroatoms. The summed E-state index contributed by atoms with van der Waals surface area (Å²) in [6, 6.07) is 5.55. The lowest BCUT2D eigenvalue weighted by Crippen LogP contribution is -1.98. The van der Waals surface area contributed by atoms with Crippen LogP contribution in [0, 0.1) is 0 Å². The van der Waals surface area contributed by atoms with Crippen LogP contribution in [0.2, 0.25) is 0 Å². The van der Waals surface area contributed by atoms with E-state index in [0.717, 1.165) is 23.3 Å². The maximum Gasteiger partial charge on any atom is 0.264 e. The van der Waals surface area contributed by atoms with Crippen molar-refractivity contribution in [2.24, 2.45) is 0 Å². The van der Waals surface area contributed by atoms with Crippen molar-refractivity contribution in [3.8, 4) is 5.75 Å². The SMILES string of the molecule is CC(C)c1noc(COc2ccc3c(c2)CCC3=O)n1. The number of hydrogen-bond acceptors (Lipinski definition) is 5. The van der Waals surface area contributed by atoms with Crippen LogP contribution in [0.4, 0.5) is 0 Å². The fraction of sp³-hybridized carbons (Fsp3) is 0.400. The number of Topliss-reactive ketones (excluding diaryl/α,β-unsaturated/α-hetero) is 1. The normalized spacial score (nSPS) is 13.8. The lowest BCUT2D eigenvalue weighted by Gasteiger charge is -2.05. The van der Waals surface area contributed by atoms with Crippen molar-refractivity contribution in [3.05, 3.63) is 41.0 Å². The molecule has 5 nitrogen and oxygen atoms in total. The zero-order valence-electron chi connectivity index (χ0n) is 11.5. The van der Waals surface area contributed by atoms with Crippen LogP contribution in [0.1, 0.15) is 53.8 Å². The highest BCUT2D eigenvalue weighted by molar-refractivity contribution is 6.00. The number of benzene rings is 1. The minimum absolute atomic E-state index is 0.213. The topological polar surface area (TPSA) is 65.2 Å². The number of carbonyl (C=O) groups is 1. The van der Waals surface area contributed by atoms with E-state index in [9.17, 15) is 4.79 Å². The molecular formula is C15H16N2O3. The van der Waals surface area contributed by atoms with Crippen LogP contribution >= 0.6 is 0 Å². The van der Waals surface area contributed by atoms with Crippen LogP contribution in [0.25, 0.3) is 0 Å². The molecule has 0 radical (unpaired) electrons. The fourth-order valence-corrected chi connectivity index (χ4v) is 2.23. The number of fused-ring (bicyclic) bond motifs is 1. The highest BCUT2D eigenvalue weighted by Gasteiger charge is 2.19. The number of aryl methyl sites for hydroxylation is 1. The van der Waals surface area contributed by atoms with Crippen molar-refractivity contribution in [2.75, 3.05) is 0 Å². The van der Waals surface area contributed by atoms with Gasteiger partial charge in [0.05, 0.1) is 0 Å². The summed E-state index contributed by atoms with van der Waals surface area (Å²) in [5.74, 6) is 2.32. The summed E-state index contributed by atoms with van der Waals surface area (Å²) in [6.45, 7) is 4.26. The molecule has 0 spiro atoms. The quantitative estimate of drug-likeness (QED) is 0.856. The van der Waals surface area contributed by atoms with Crippen molar-refractivity contribution in [1.82, 2.24) is 10.1 Å². The molecular weight excluding hydrogens is 256 g/mol. The Hall–Kier alpha value is -2.17. The van der Waals surface area contributed by atoms with Gasteiger partial charge >= 0.3 is 0 Å². The molecule has 20 heavy (non-hydrogen) atoms. The Morgan fingerprint density at radius 2 is 2.20 bits per heavy atom. The second-order valence-corrected chi connectivity index (χ2v) is 5.23. The second kappa shape index (κ2) is 5.07. The first kappa shape index (κ1) is 12.8. The molecule has 0 bridgehead atoms. The number of ketones is 1. The zero-order valence-corrected chi connectivity index (χ0v) is 11.5. The lowest BCUT2D eigenvalue weighted by molar-refractivity contribution is 0.0994. The number of aromatic nitrogens is 2. The van der Waals surface area contributed by atoms with Crippen LogP contribution in [0.5, 0.6) is 5.75 Å². The molecule has 3 rings (SSSR count). The minimum atomic E-state index is 0.213. The largest absolute Gasteiger partial charge is 0.484 e. The smallest absolute Gasteiger partial charge is 0.264 e. The fourth-order valence-electron chi connectivity index (χ4n) is 2.23. The molecule has 0 atom stereocenters. The number of ether oxygens (including phenoxy) is 1. The van der Waals surface area contributed by atoms with E-state index < -0.39 is 0 Å². The van der Waals surface area contributed by atoms with Gasteiger partial charge in [-0.2, -0.15) is 4.98 Å². The van der Waals surface area contributed by atoms with Gasteiger partial charge in [0.1, 0.15) is 5.75 Å². The van der Waals surface area contributed by atoms with Gasteiger partial charge in [-0.05, 0) is 30.2 Å². The summed E-state index contributed by atoms with van der Waals surface area (Å²) in [7, 11) is 0. The molecule has 104 valence electrons. The first-order valence-electron chi connectivity index (χ1n) is 6.75. The highest BCUT2D eigenvalue weighted by Crippen LogP contribution is 2.26. The molecule has 0 saturated heterocycles. The Morgan fingerprint density at radius 3 is 2.95 bits per heavy atom. The third kappa shape index (κ3) is 2.43. The molecule has 1 aromatic carbocycles. The van der Waals surface area contributed by atoms with Crippen LogP contribution in [0.3, 0.4) is 0 Å². The average Bonchev–Trinajstić information content (AvgIpc) is 3.04. The summed E-state index contributed by atoms with van der Waals surface area (Å²) >= 11 is 0. The molecule has 2 aromatic rings. The predicted molar refractivity (Wildman–Crippen MR) is 71.8 cm³/mol. The molecule has 1 heterocycles. The number of hydrogen-bond donors (Lipinski definition) is 0. The first-order chi connectivity index (χ1) is 9.63. The number of carbonyl (C=O) groups excluding carboxylic acids is 1. The molecule has 0 saturated carbocycles. The molecule has 0 N–H and O–H groups in total. The van der Waals surface area contributed by atoms with E-state index in [-0.39, 0.29) is 18.3 Å². The first-order valence-corrected chi connectivity index (χ1v) is 6.75. The summed E-state index contributed by atoms with van der Waals surface area (Å²) < 4.78 is 10.8. The predicted octanol–water partition coefficient (Wildman–Crippen LogP) is 2.90. The Labute approximate surface area is 116 Å². The Morgan fingerprint density at radius 1 is 1.35 bits per heavy atom. The molecule has 1 aliphatic carbocycles. The average molecular weight is 272 g/mol. The van der Waals surface area contributed by atoms with Crippen LogP contribution in [-0.2, 0) is 13.0 Å². The van der Waals surface area contributed by atoms with Crippen molar-refractivity contribution in [3.63, 3.8) is 0 Å². The molecule has 0 amide bonds. The van der Waals surface area contributed by atoms with Crippen LogP contribution in [0.15, 0.2) is 22.7 Å². The Bertz CT molecular complexity index is 646. The van der Waals surface area contributed by atoms with Gasteiger partial charge in [-0.15, -0.1) is 0 Å². The van der Waals surface area contributed by atoms with E-state index in [1.54, 1.807) is 0 Å². The van der Waals surface area contributed by atoms with Gasteiger partial charge in [0.15, 0.2) is 18.2 Å². The molecule has 1 aromatic heterocycles. The van der Waals surface area contributed by atoms with E-state index in [0.29, 0.717) is 18.1 Å². The highest BCUT2D eigenvalue weighted by atomic mass is 16.5. The second-order valence-electron chi connectivity index (χ2n) is 5.23. The molecule has 1 aliphatic rings. The number of rotatable bonds is 4. The summed E-state index contributed by atoms with van der Waals surface area (Å²) in [6.07, 6.45) is 1.39. The van der Waals surface area contributed by atoms with E-state index in [1.807, 2.05) is 32.0 Å². The summed E-state index contributed by atoms with van der Waals surface area (Å²) in [5.41, 5.74) is 1.87. The van der Waals surface area contributed by atoms with Gasteiger partial charge in [-0.3, -0.25) is 4.79 Å². The maximum absolute atomic E-state index is 11.5. The van der Waals surface area contributed by atoms with Gasteiger partial charge < -0.3 is 9.26 Å². The van der Waals surface area contributed by atoms with Crippen molar-refractivity contribution < 1.29 is 14.1 Å². The van der Waals surface area contributed by atoms with Crippen LogP contribution in [-0.4, -0.2) is 15.9 Å². The van der Waals surface area contributed by atoms with Gasteiger partial charge in [0.2, 0.25) is 0 Å². The van der Waals surface area contributed by atoms with Gasteiger partial charge in [0.25, 0.3) is 5.89 Å². The third-order valence-corrected chi connectivity index (χ3v) is 3.36. The monoisotopic (exact) mass is 272 g/mol. The van der Waals surface area contributed by atoms with Crippen molar-refractivity contribution in [2.45, 2.75) is 39.2 Å². The van der Waals surface area contributed by atoms with Crippen LogP contribution < -0.4 is 4.74 Å². The zero-order chi connectivity index (χ0) is 14.1.